The first kappa shape index (κ1) is 22.7. The summed E-state index contributed by atoms with van der Waals surface area (Å²) in [6.45, 7) is 3.84. The summed E-state index contributed by atoms with van der Waals surface area (Å²) < 4.78 is 32.7. The lowest BCUT2D eigenvalue weighted by atomic mass is 10.2. The van der Waals surface area contributed by atoms with E-state index in [2.05, 4.69) is 20.3 Å². The molecule has 3 aromatic rings. The number of hydrogen-bond acceptors (Lipinski definition) is 7. The predicted molar refractivity (Wildman–Crippen MR) is 125 cm³/mol. The van der Waals surface area contributed by atoms with Crippen molar-refractivity contribution in [3.63, 3.8) is 0 Å². The second-order valence-electron chi connectivity index (χ2n) is 6.57. The third-order valence-electron chi connectivity index (χ3n) is 3.79. The van der Waals surface area contributed by atoms with Crippen LogP contribution in [0, 0.1) is 0 Å². The predicted octanol–water partition coefficient (Wildman–Crippen LogP) is 3.86. The molecule has 8 nitrogen and oxygen atoms in total. The van der Waals surface area contributed by atoms with E-state index in [1.54, 1.807) is 41.8 Å². The molecule has 0 saturated carbocycles. The van der Waals surface area contributed by atoms with E-state index in [-0.39, 0.29) is 27.2 Å². The molecule has 0 aliphatic rings. The van der Waals surface area contributed by atoms with Crippen molar-refractivity contribution >= 4 is 55.4 Å². The van der Waals surface area contributed by atoms with Gasteiger partial charge in [0, 0.05) is 22.8 Å². The summed E-state index contributed by atoms with van der Waals surface area (Å²) in [5.74, 6) is 0.298. The Bertz CT molecular complexity index is 1140. The number of benzene rings is 2. The molecule has 3 N–H and O–H groups in total. The van der Waals surface area contributed by atoms with Crippen LogP contribution in [0.4, 0.5) is 10.8 Å². The van der Waals surface area contributed by atoms with Gasteiger partial charge < -0.3 is 10.1 Å². The van der Waals surface area contributed by atoms with Crippen LogP contribution >= 0.6 is 23.6 Å². The molecule has 3 rings (SSSR count). The second kappa shape index (κ2) is 9.86. The summed E-state index contributed by atoms with van der Waals surface area (Å²) >= 11 is 6.36. The molecule has 2 aromatic carbocycles. The fourth-order valence-corrected chi connectivity index (χ4v) is 4.46. The Morgan fingerprint density at radius 2 is 1.77 bits per heavy atom. The highest BCUT2D eigenvalue weighted by Crippen LogP contribution is 2.19. The number of amides is 1. The zero-order valence-corrected chi connectivity index (χ0v) is 19.1. The number of hydrogen-bond donors (Lipinski definition) is 3. The Hall–Kier alpha value is -3.02. The van der Waals surface area contributed by atoms with Crippen molar-refractivity contribution < 1.29 is 17.9 Å². The first-order chi connectivity index (χ1) is 14.7. The lowest BCUT2D eigenvalue weighted by Crippen LogP contribution is -2.34. The maximum absolute atomic E-state index is 12.4. The van der Waals surface area contributed by atoms with Crippen LogP contribution in [-0.4, -0.2) is 30.5 Å². The van der Waals surface area contributed by atoms with E-state index in [9.17, 15) is 13.2 Å². The number of carbonyl (C=O) groups excluding carboxylic acids is 1. The number of thiocarbonyl (C=S) groups is 1. The maximum Gasteiger partial charge on any atom is 0.263 e. The molecule has 0 fully saturated rings. The first-order valence-electron chi connectivity index (χ1n) is 9.14. The number of rotatable bonds is 7. The molecule has 0 unspecified atom stereocenters. The van der Waals surface area contributed by atoms with Crippen molar-refractivity contribution in [3.8, 4) is 5.75 Å². The van der Waals surface area contributed by atoms with Crippen LogP contribution in [0.1, 0.15) is 24.2 Å². The van der Waals surface area contributed by atoms with Crippen molar-refractivity contribution in [2.45, 2.75) is 24.8 Å². The molecule has 0 aliphatic heterocycles. The molecule has 11 heteroatoms. The summed E-state index contributed by atoms with van der Waals surface area (Å²) in [7, 11) is -3.74. The second-order valence-corrected chi connectivity index (χ2v) is 9.55. The average Bonchev–Trinajstić information content (AvgIpc) is 3.20. The molecule has 1 aromatic heterocycles. The van der Waals surface area contributed by atoms with Gasteiger partial charge in [-0.25, -0.2) is 13.4 Å². The van der Waals surface area contributed by atoms with Crippen molar-refractivity contribution in [1.29, 1.82) is 0 Å². The van der Waals surface area contributed by atoms with Crippen LogP contribution in [0.5, 0.6) is 5.75 Å². The lowest BCUT2D eigenvalue weighted by molar-refractivity contribution is 0.0977. The Labute approximate surface area is 189 Å². The Morgan fingerprint density at radius 1 is 1.10 bits per heavy atom. The SMILES string of the molecule is CC(C)Oc1ccc(C(=O)NC(=S)Nc2ccc(S(=O)(=O)Nc3nccs3)cc2)cc1. The molecule has 0 saturated heterocycles. The molecule has 0 bridgehead atoms. The van der Waals surface area contributed by atoms with Gasteiger partial charge in [0.15, 0.2) is 10.2 Å². The van der Waals surface area contributed by atoms with E-state index in [4.69, 9.17) is 17.0 Å². The van der Waals surface area contributed by atoms with Crippen molar-refractivity contribution in [2.75, 3.05) is 10.0 Å². The molecule has 1 amide bonds. The van der Waals surface area contributed by atoms with E-state index < -0.39 is 10.0 Å². The minimum Gasteiger partial charge on any atom is -0.491 e. The van der Waals surface area contributed by atoms with Gasteiger partial charge in [-0.15, -0.1) is 11.3 Å². The van der Waals surface area contributed by atoms with Crippen molar-refractivity contribution in [1.82, 2.24) is 10.3 Å². The molecule has 31 heavy (non-hydrogen) atoms. The fraction of sp³-hybridized carbons (Fsp3) is 0.150. The van der Waals surface area contributed by atoms with Crippen LogP contribution in [0.2, 0.25) is 0 Å². The molecule has 162 valence electrons. The van der Waals surface area contributed by atoms with Crippen molar-refractivity contribution in [2.24, 2.45) is 0 Å². The minimum absolute atomic E-state index is 0.0426. The Balaban J connectivity index is 1.57. The number of nitrogens with one attached hydrogen (secondary N) is 3. The molecule has 0 atom stereocenters. The normalized spacial score (nSPS) is 11.1. The number of carbonyl (C=O) groups is 1. The third-order valence-corrected chi connectivity index (χ3v) is 6.17. The number of nitrogens with zero attached hydrogens (tertiary/aromatic N) is 1. The van der Waals surface area contributed by atoms with Gasteiger partial charge in [0.05, 0.1) is 11.0 Å². The monoisotopic (exact) mass is 476 g/mol. The van der Waals surface area contributed by atoms with E-state index in [1.165, 1.54) is 29.7 Å². The molecule has 0 aliphatic carbocycles. The molecular formula is C20H20N4O4S3. The lowest BCUT2D eigenvalue weighted by Gasteiger charge is -2.12. The zero-order valence-electron chi connectivity index (χ0n) is 16.7. The Kier molecular flexibility index (Phi) is 7.21. The topological polar surface area (TPSA) is 109 Å². The molecule has 1 heterocycles. The van der Waals surface area contributed by atoms with Gasteiger partial charge in [0.25, 0.3) is 15.9 Å². The summed E-state index contributed by atoms with van der Waals surface area (Å²) in [5.41, 5.74) is 0.953. The van der Waals surface area contributed by atoms with E-state index in [0.717, 1.165) is 0 Å². The summed E-state index contributed by atoms with van der Waals surface area (Å²) in [5, 5.41) is 7.48. The number of aromatic nitrogens is 1. The van der Waals surface area contributed by atoms with Crippen LogP contribution in [0.25, 0.3) is 0 Å². The van der Waals surface area contributed by atoms with E-state index >= 15 is 0 Å². The number of thiazole rings is 1. The van der Waals surface area contributed by atoms with Crippen LogP contribution in [-0.2, 0) is 10.0 Å². The summed E-state index contributed by atoms with van der Waals surface area (Å²) in [6.07, 6.45) is 1.56. The highest BCUT2D eigenvalue weighted by Gasteiger charge is 2.15. The summed E-state index contributed by atoms with van der Waals surface area (Å²) in [6, 6.07) is 12.7. The van der Waals surface area contributed by atoms with E-state index in [0.29, 0.717) is 17.0 Å². The van der Waals surface area contributed by atoms with Crippen LogP contribution in [0.3, 0.4) is 0 Å². The van der Waals surface area contributed by atoms with Gasteiger partial charge in [0.1, 0.15) is 5.75 Å². The standard InChI is InChI=1S/C20H20N4O4S3/c1-13(2)28-16-7-3-14(4-8-16)18(25)23-19(29)22-15-5-9-17(10-6-15)31(26,27)24-20-21-11-12-30-20/h3-13H,1-2H3,(H,21,24)(H2,22,23,25,29). The number of anilines is 2. The Morgan fingerprint density at radius 3 is 2.35 bits per heavy atom. The van der Waals surface area contributed by atoms with Gasteiger partial charge in [-0.1, -0.05) is 0 Å². The van der Waals surface area contributed by atoms with Crippen LogP contribution < -0.4 is 20.1 Å². The van der Waals surface area contributed by atoms with Crippen LogP contribution in [0.15, 0.2) is 65.0 Å². The molecule has 0 radical (unpaired) electrons. The molecular weight excluding hydrogens is 456 g/mol. The largest absolute Gasteiger partial charge is 0.491 e. The zero-order chi connectivity index (χ0) is 22.4. The van der Waals surface area contributed by atoms with Gasteiger partial charge >= 0.3 is 0 Å². The number of sulfonamides is 1. The van der Waals surface area contributed by atoms with Crippen molar-refractivity contribution in [3.05, 3.63) is 65.7 Å². The fourth-order valence-electron chi connectivity index (χ4n) is 2.46. The third kappa shape index (κ3) is 6.48. The van der Waals surface area contributed by atoms with E-state index in [1.807, 2.05) is 13.8 Å². The highest BCUT2D eigenvalue weighted by molar-refractivity contribution is 7.93. The van der Waals surface area contributed by atoms with Gasteiger partial charge in [-0.3, -0.25) is 14.8 Å². The maximum atomic E-state index is 12.4. The quantitative estimate of drug-likeness (QED) is 0.444. The highest BCUT2D eigenvalue weighted by atomic mass is 32.2. The first-order valence-corrected chi connectivity index (χ1v) is 11.9. The summed E-state index contributed by atoms with van der Waals surface area (Å²) in [4.78, 5) is 16.3. The molecule has 0 spiro atoms. The number of ether oxygens (including phenoxy) is 1. The minimum atomic E-state index is -3.74. The van der Waals surface area contributed by atoms with Gasteiger partial charge in [-0.2, -0.15) is 0 Å². The smallest absolute Gasteiger partial charge is 0.263 e. The van der Waals surface area contributed by atoms with Gasteiger partial charge in [0.2, 0.25) is 0 Å². The van der Waals surface area contributed by atoms with Gasteiger partial charge in [-0.05, 0) is 74.6 Å². The average molecular weight is 477 g/mol.